The van der Waals surface area contributed by atoms with E-state index in [1.807, 2.05) is 21.6 Å². The van der Waals surface area contributed by atoms with Gasteiger partial charge >= 0.3 is 0 Å². The maximum absolute atomic E-state index is 6.04. The summed E-state index contributed by atoms with van der Waals surface area (Å²) < 4.78 is 14.6. The van der Waals surface area contributed by atoms with E-state index in [0.717, 1.165) is 25.0 Å². The molecule has 4 rings (SSSR count). The summed E-state index contributed by atoms with van der Waals surface area (Å²) in [4.78, 5) is 0. The van der Waals surface area contributed by atoms with E-state index in [2.05, 4.69) is 0 Å². The summed E-state index contributed by atoms with van der Waals surface area (Å²) in [7, 11) is 4.01. The minimum absolute atomic E-state index is 0.483. The molecule has 4 saturated heterocycles. The Bertz CT molecular complexity index is 348. The molecule has 0 bridgehead atoms. The van der Waals surface area contributed by atoms with E-state index in [9.17, 15) is 0 Å². The summed E-state index contributed by atoms with van der Waals surface area (Å²) in [5.74, 6) is 2.30. The normalized spacial score (nSPS) is 36.0. The molecule has 0 aromatic heterocycles. The summed E-state index contributed by atoms with van der Waals surface area (Å²) in [5, 5.41) is 0. The van der Waals surface area contributed by atoms with Crippen LogP contribution in [0.5, 0.6) is 0 Å². The molecule has 4 heterocycles. The highest BCUT2D eigenvalue weighted by atomic mass is 33.1. The fourth-order valence-corrected chi connectivity index (χ4v) is 7.07. The fourth-order valence-electron chi connectivity index (χ4n) is 4.69. The van der Waals surface area contributed by atoms with Gasteiger partial charge in [-0.2, -0.15) is 0 Å². The second-order valence-electron chi connectivity index (χ2n) is 7.76. The summed E-state index contributed by atoms with van der Waals surface area (Å²) in [6.45, 7) is 9.87. The molecule has 0 saturated carbocycles. The number of hydrogen-bond donors (Lipinski definition) is 0. The Labute approximate surface area is 142 Å². The Morgan fingerprint density at radius 2 is 1.09 bits per heavy atom. The Morgan fingerprint density at radius 3 is 1.50 bits per heavy atom. The van der Waals surface area contributed by atoms with Crippen LogP contribution in [-0.2, 0) is 9.47 Å². The van der Waals surface area contributed by atoms with Crippen LogP contribution in [-0.4, -0.2) is 85.4 Å². The second kappa shape index (κ2) is 6.81. The SMILES string of the molecule is C1CC[N+]2(C1)COC(CSSCC1C[N+]3(CCCC3)CO1)C2. The van der Waals surface area contributed by atoms with Crippen LogP contribution in [0.3, 0.4) is 0 Å². The minimum Gasteiger partial charge on any atom is -0.322 e. The zero-order chi connectivity index (χ0) is 14.9. The molecule has 2 unspecified atom stereocenters. The van der Waals surface area contributed by atoms with Crippen LogP contribution >= 0.6 is 21.6 Å². The van der Waals surface area contributed by atoms with Crippen molar-refractivity contribution in [2.75, 3.05) is 64.2 Å². The molecule has 0 aliphatic carbocycles. The molecule has 6 heteroatoms. The van der Waals surface area contributed by atoms with E-state index in [4.69, 9.17) is 9.47 Å². The predicted molar refractivity (Wildman–Crippen MR) is 92.6 cm³/mol. The summed E-state index contributed by atoms with van der Waals surface area (Å²) in [5.41, 5.74) is 0. The van der Waals surface area contributed by atoms with Gasteiger partial charge in [0.1, 0.15) is 25.3 Å². The van der Waals surface area contributed by atoms with E-state index >= 15 is 0 Å². The first-order chi connectivity index (χ1) is 10.8. The molecule has 2 spiro atoms. The molecule has 0 aromatic rings. The van der Waals surface area contributed by atoms with Crippen LogP contribution in [0.15, 0.2) is 0 Å². The van der Waals surface area contributed by atoms with Crippen molar-refractivity contribution in [3.63, 3.8) is 0 Å². The molecule has 22 heavy (non-hydrogen) atoms. The van der Waals surface area contributed by atoms with Gasteiger partial charge in [-0.15, -0.1) is 0 Å². The maximum Gasteiger partial charge on any atom is 0.183 e. The predicted octanol–water partition coefficient (Wildman–Crippen LogP) is 2.30. The molecule has 126 valence electrons. The van der Waals surface area contributed by atoms with Gasteiger partial charge in [-0.3, -0.25) is 8.97 Å². The summed E-state index contributed by atoms with van der Waals surface area (Å²) in [6.07, 6.45) is 6.57. The molecule has 0 radical (unpaired) electrons. The fraction of sp³-hybridized carbons (Fsp3) is 1.00. The van der Waals surface area contributed by atoms with Gasteiger partial charge in [0, 0.05) is 37.2 Å². The Hall–Kier alpha value is 0.540. The largest absolute Gasteiger partial charge is 0.322 e. The molecule has 4 fully saturated rings. The Balaban J connectivity index is 1.12. The highest BCUT2D eigenvalue weighted by Gasteiger charge is 2.42. The zero-order valence-electron chi connectivity index (χ0n) is 13.6. The van der Waals surface area contributed by atoms with Crippen LogP contribution in [0.4, 0.5) is 0 Å². The van der Waals surface area contributed by atoms with Crippen LogP contribution in [0.1, 0.15) is 25.7 Å². The van der Waals surface area contributed by atoms with Gasteiger partial charge in [-0.05, 0) is 0 Å². The monoisotopic (exact) mass is 346 g/mol. The molecule has 0 N–H and O–H groups in total. The van der Waals surface area contributed by atoms with E-state index in [-0.39, 0.29) is 0 Å². The van der Waals surface area contributed by atoms with E-state index in [0.29, 0.717) is 12.2 Å². The van der Waals surface area contributed by atoms with Gasteiger partial charge < -0.3 is 9.47 Å². The van der Waals surface area contributed by atoms with Gasteiger partial charge in [-0.25, -0.2) is 0 Å². The third-order valence-corrected chi connectivity index (χ3v) is 8.47. The molecule has 4 aliphatic rings. The maximum atomic E-state index is 6.04. The Morgan fingerprint density at radius 1 is 0.682 bits per heavy atom. The first-order valence-corrected chi connectivity index (χ1v) is 11.4. The van der Waals surface area contributed by atoms with Crippen LogP contribution in [0.2, 0.25) is 0 Å². The van der Waals surface area contributed by atoms with Gasteiger partial charge in [0.2, 0.25) is 0 Å². The Kier molecular flexibility index (Phi) is 4.96. The van der Waals surface area contributed by atoms with Crippen LogP contribution in [0, 0.1) is 0 Å². The van der Waals surface area contributed by atoms with E-state index < -0.39 is 0 Å². The molecular formula is C16H30N2O2S2+2. The van der Waals surface area contributed by atoms with Gasteiger partial charge in [-0.1, -0.05) is 21.6 Å². The van der Waals surface area contributed by atoms with Crippen molar-refractivity contribution in [1.82, 2.24) is 0 Å². The van der Waals surface area contributed by atoms with Gasteiger partial charge in [0.15, 0.2) is 13.5 Å². The number of rotatable bonds is 5. The van der Waals surface area contributed by atoms with Crippen molar-refractivity contribution in [2.24, 2.45) is 0 Å². The average Bonchev–Trinajstić information content (AvgIpc) is 3.30. The van der Waals surface area contributed by atoms with Crippen molar-refractivity contribution < 1.29 is 18.4 Å². The van der Waals surface area contributed by atoms with Gasteiger partial charge in [0.05, 0.1) is 26.2 Å². The first kappa shape index (κ1) is 16.0. The second-order valence-corrected chi connectivity index (χ2v) is 10.3. The highest BCUT2D eigenvalue weighted by Crippen LogP contribution is 2.33. The standard InChI is InChI=1S/C16H30N2O2S2/c1-2-6-17(5-1)9-15(19-13-17)11-21-22-12-16-10-18(14-20-16)7-3-4-8-18/h15-16H,1-14H2/q+2. The average molecular weight is 347 g/mol. The topological polar surface area (TPSA) is 18.5 Å². The van der Waals surface area contributed by atoms with Crippen molar-refractivity contribution in [3.8, 4) is 0 Å². The van der Waals surface area contributed by atoms with Crippen LogP contribution < -0.4 is 0 Å². The molecular weight excluding hydrogens is 316 g/mol. The smallest absolute Gasteiger partial charge is 0.183 e. The number of ether oxygens (including phenoxy) is 2. The lowest BCUT2D eigenvalue weighted by Crippen LogP contribution is -2.43. The molecule has 0 amide bonds. The highest BCUT2D eigenvalue weighted by molar-refractivity contribution is 8.76. The van der Waals surface area contributed by atoms with E-state index in [1.54, 1.807) is 0 Å². The van der Waals surface area contributed by atoms with Crippen molar-refractivity contribution in [2.45, 2.75) is 37.9 Å². The molecule has 4 aliphatic heterocycles. The number of quaternary nitrogens is 2. The molecule has 2 atom stereocenters. The third-order valence-electron chi connectivity index (χ3n) is 5.97. The van der Waals surface area contributed by atoms with Gasteiger partial charge in [0.25, 0.3) is 0 Å². The third kappa shape index (κ3) is 3.47. The van der Waals surface area contributed by atoms with Crippen LogP contribution in [0.25, 0.3) is 0 Å². The lowest BCUT2D eigenvalue weighted by atomic mass is 10.3. The first-order valence-electron chi connectivity index (χ1n) is 8.96. The summed E-state index contributed by atoms with van der Waals surface area (Å²) >= 11 is 0. The lowest BCUT2D eigenvalue weighted by molar-refractivity contribution is -0.914. The summed E-state index contributed by atoms with van der Waals surface area (Å²) in [6, 6.07) is 0. The minimum atomic E-state index is 0.483. The zero-order valence-corrected chi connectivity index (χ0v) is 15.2. The van der Waals surface area contributed by atoms with Crippen molar-refractivity contribution >= 4 is 21.6 Å². The molecule has 0 aromatic carbocycles. The number of hydrogen-bond acceptors (Lipinski definition) is 4. The van der Waals surface area contributed by atoms with Crippen molar-refractivity contribution in [1.29, 1.82) is 0 Å². The number of nitrogens with zero attached hydrogens (tertiary/aromatic N) is 2. The molecule has 4 nitrogen and oxygen atoms in total. The quantitative estimate of drug-likeness (QED) is 0.432. The van der Waals surface area contributed by atoms with E-state index in [1.165, 1.54) is 73.9 Å². The lowest BCUT2D eigenvalue weighted by Gasteiger charge is -2.26. The van der Waals surface area contributed by atoms with Crippen molar-refractivity contribution in [3.05, 3.63) is 0 Å².